The zero-order valence-corrected chi connectivity index (χ0v) is 15.1. The molecule has 28 heavy (non-hydrogen) atoms. The van der Waals surface area contributed by atoms with Gasteiger partial charge in [0, 0.05) is 19.7 Å². The molecule has 144 valence electrons. The second-order valence-electron chi connectivity index (χ2n) is 6.00. The van der Waals surface area contributed by atoms with E-state index in [2.05, 4.69) is 10.2 Å². The minimum absolute atomic E-state index is 0.0491. The van der Waals surface area contributed by atoms with Crippen LogP contribution in [-0.4, -0.2) is 37.7 Å². The van der Waals surface area contributed by atoms with E-state index in [9.17, 15) is 19.2 Å². The van der Waals surface area contributed by atoms with E-state index in [0.717, 1.165) is 14.7 Å². The molecule has 2 aromatic heterocycles. The predicted molar refractivity (Wildman–Crippen MR) is 100.0 cm³/mol. The molecule has 10 heteroatoms. The average molecular weight is 383 g/mol. The van der Waals surface area contributed by atoms with Crippen molar-refractivity contribution in [3.63, 3.8) is 0 Å². The van der Waals surface area contributed by atoms with Crippen molar-refractivity contribution >= 4 is 17.6 Å². The Morgan fingerprint density at radius 2 is 1.82 bits per heavy atom. The van der Waals surface area contributed by atoms with Crippen LogP contribution < -0.4 is 17.0 Å². The van der Waals surface area contributed by atoms with Gasteiger partial charge in [-0.1, -0.05) is 30.3 Å². The molecule has 3 aromatic rings. The average Bonchev–Trinajstić information content (AvgIpc) is 3.20. The molecule has 0 aliphatic carbocycles. The molecule has 0 saturated heterocycles. The van der Waals surface area contributed by atoms with Crippen molar-refractivity contribution in [2.75, 3.05) is 12.3 Å². The molecular formula is C18H17N5O5. The van der Waals surface area contributed by atoms with Crippen LogP contribution in [0.3, 0.4) is 0 Å². The Balaban J connectivity index is 1.76. The largest absolute Gasteiger partial charge is 0.453 e. The number of carbonyl (C=O) groups excluding carboxylic acids is 2. The normalized spacial score (nSPS) is 10.6. The molecule has 0 spiro atoms. The quantitative estimate of drug-likeness (QED) is 0.470. The number of nitrogens with two attached hydrogens (primary N) is 1. The molecule has 0 radical (unpaired) electrons. The number of aromatic nitrogens is 4. The lowest BCUT2D eigenvalue weighted by Gasteiger charge is -2.10. The highest BCUT2D eigenvalue weighted by Crippen LogP contribution is 2.17. The summed E-state index contributed by atoms with van der Waals surface area (Å²) >= 11 is 0. The number of ether oxygens (including phenoxy) is 1. The first-order chi connectivity index (χ1) is 13.3. The molecule has 0 saturated carbocycles. The summed E-state index contributed by atoms with van der Waals surface area (Å²) in [5.41, 5.74) is 5.17. The Labute approximate surface area is 158 Å². The van der Waals surface area contributed by atoms with Crippen molar-refractivity contribution in [2.45, 2.75) is 0 Å². The molecule has 0 unspecified atom stereocenters. The monoisotopic (exact) mass is 383 g/mol. The standard InChI is InChI=1S/C18H17N5O5/c1-22-15(19)14(16(25)23(2)18(22)27)13(24)9-28-17(26)12-8-11(20-21-12)10-6-4-3-5-7-10/h3-8H,9,19H2,1-2H3,(H,20,21). The molecule has 0 amide bonds. The number of nitrogens with one attached hydrogen (secondary N) is 1. The van der Waals surface area contributed by atoms with Crippen molar-refractivity contribution < 1.29 is 14.3 Å². The SMILES string of the molecule is Cn1c(N)c(C(=O)COC(=O)c2cc(-c3ccccc3)n[nH]2)c(=O)n(C)c1=O. The van der Waals surface area contributed by atoms with Crippen molar-refractivity contribution in [3.8, 4) is 11.3 Å². The van der Waals surface area contributed by atoms with Gasteiger partial charge in [0.2, 0.25) is 5.78 Å². The van der Waals surface area contributed by atoms with Crippen LogP contribution in [0.5, 0.6) is 0 Å². The van der Waals surface area contributed by atoms with Crippen LogP contribution in [0.2, 0.25) is 0 Å². The first-order valence-corrected chi connectivity index (χ1v) is 8.18. The minimum atomic E-state index is -0.852. The van der Waals surface area contributed by atoms with Gasteiger partial charge < -0.3 is 10.5 Å². The molecule has 0 bridgehead atoms. The second kappa shape index (κ2) is 7.35. The van der Waals surface area contributed by atoms with Gasteiger partial charge in [0.05, 0.1) is 5.69 Å². The van der Waals surface area contributed by atoms with Gasteiger partial charge in [0.25, 0.3) is 5.56 Å². The molecule has 3 rings (SSSR count). The van der Waals surface area contributed by atoms with Gasteiger partial charge in [0.15, 0.2) is 6.61 Å². The van der Waals surface area contributed by atoms with E-state index in [-0.39, 0.29) is 11.5 Å². The molecule has 0 aliphatic heterocycles. The number of nitrogen functional groups attached to an aromatic ring is 1. The Bertz CT molecular complexity index is 1170. The predicted octanol–water partition coefficient (Wildman–Crippen LogP) is 0.0960. The van der Waals surface area contributed by atoms with Crippen molar-refractivity contribution in [1.29, 1.82) is 0 Å². The first kappa shape index (κ1) is 18.8. The van der Waals surface area contributed by atoms with E-state index >= 15 is 0 Å². The molecule has 0 fully saturated rings. The van der Waals surface area contributed by atoms with Crippen LogP contribution in [0.15, 0.2) is 46.0 Å². The number of benzene rings is 1. The molecule has 0 aliphatic rings. The van der Waals surface area contributed by atoms with Gasteiger partial charge in [-0.25, -0.2) is 9.59 Å². The maximum absolute atomic E-state index is 12.4. The third kappa shape index (κ3) is 3.34. The Morgan fingerprint density at radius 1 is 1.14 bits per heavy atom. The van der Waals surface area contributed by atoms with Gasteiger partial charge in [-0.05, 0) is 6.07 Å². The fourth-order valence-corrected chi connectivity index (χ4v) is 2.59. The summed E-state index contributed by atoms with van der Waals surface area (Å²) in [6, 6.07) is 10.7. The highest BCUT2D eigenvalue weighted by Gasteiger charge is 2.22. The third-order valence-electron chi connectivity index (χ3n) is 4.19. The summed E-state index contributed by atoms with van der Waals surface area (Å²) < 4.78 is 6.69. The van der Waals surface area contributed by atoms with Gasteiger partial charge in [-0.15, -0.1) is 0 Å². The smallest absolute Gasteiger partial charge is 0.356 e. The molecule has 2 heterocycles. The number of nitrogens with zero attached hydrogens (tertiary/aromatic N) is 3. The van der Waals surface area contributed by atoms with Crippen molar-refractivity contribution in [2.24, 2.45) is 14.1 Å². The maximum Gasteiger partial charge on any atom is 0.356 e. The van der Waals surface area contributed by atoms with E-state index in [1.54, 1.807) is 0 Å². The van der Waals surface area contributed by atoms with Crippen LogP contribution in [0.25, 0.3) is 11.3 Å². The van der Waals surface area contributed by atoms with Gasteiger partial charge in [-0.3, -0.25) is 23.8 Å². The van der Waals surface area contributed by atoms with Crippen LogP contribution in [0.4, 0.5) is 5.82 Å². The molecular weight excluding hydrogens is 366 g/mol. The summed E-state index contributed by atoms with van der Waals surface area (Å²) in [4.78, 5) is 48.5. The third-order valence-corrected chi connectivity index (χ3v) is 4.19. The zero-order valence-electron chi connectivity index (χ0n) is 15.1. The molecule has 1 aromatic carbocycles. The first-order valence-electron chi connectivity index (χ1n) is 8.18. The topological polar surface area (TPSA) is 142 Å². The van der Waals surface area contributed by atoms with E-state index < -0.39 is 35.2 Å². The van der Waals surface area contributed by atoms with E-state index in [1.165, 1.54) is 20.2 Å². The maximum atomic E-state index is 12.4. The van der Waals surface area contributed by atoms with Gasteiger partial charge in [-0.2, -0.15) is 5.10 Å². The van der Waals surface area contributed by atoms with E-state index in [1.807, 2.05) is 30.3 Å². The van der Waals surface area contributed by atoms with E-state index in [4.69, 9.17) is 10.5 Å². The lowest BCUT2D eigenvalue weighted by atomic mass is 10.1. The van der Waals surface area contributed by atoms with Gasteiger partial charge >= 0.3 is 11.7 Å². The lowest BCUT2D eigenvalue weighted by molar-refractivity contribution is 0.0468. The lowest BCUT2D eigenvalue weighted by Crippen LogP contribution is -2.42. The van der Waals surface area contributed by atoms with Crippen LogP contribution in [0.1, 0.15) is 20.8 Å². The summed E-state index contributed by atoms with van der Waals surface area (Å²) in [7, 11) is 2.55. The zero-order chi connectivity index (χ0) is 20.4. The number of hydrogen-bond donors (Lipinski definition) is 2. The molecule has 10 nitrogen and oxygen atoms in total. The number of anilines is 1. The molecule has 3 N–H and O–H groups in total. The van der Waals surface area contributed by atoms with E-state index in [0.29, 0.717) is 5.69 Å². The fourth-order valence-electron chi connectivity index (χ4n) is 2.59. The number of Topliss-reactive ketones (excluding diaryl/α,β-unsaturated/α-hetero) is 1. The minimum Gasteiger partial charge on any atom is -0.453 e. The number of rotatable bonds is 5. The number of aromatic amines is 1. The van der Waals surface area contributed by atoms with Crippen LogP contribution in [-0.2, 0) is 18.8 Å². The van der Waals surface area contributed by atoms with Crippen molar-refractivity contribution in [1.82, 2.24) is 19.3 Å². The molecule has 0 atom stereocenters. The number of ketones is 1. The highest BCUT2D eigenvalue weighted by molar-refractivity contribution is 6.02. The fraction of sp³-hybridized carbons (Fsp3) is 0.167. The Kier molecular flexibility index (Phi) is 4.94. The summed E-state index contributed by atoms with van der Waals surface area (Å²) in [5.74, 6) is -1.92. The van der Waals surface area contributed by atoms with Crippen molar-refractivity contribution in [3.05, 3.63) is 68.5 Å². The number of hydrogen-bond acceptors (Lipinski definition) is 7. The van der Waals surface area contributed by atoms with Crippen LogP contribution in [0, 0.1) is 0 Å². The summed E-state index contributed by atoms with van der Waals surface area (Å²) in [6.45, 7) is -0.712. The second-order valence-corrected chi connectivity index (χ2v) is 6.00. The Morgan fingerprint density at radius 3 is 2.50 bits per heavy atom. The summed E-state index contributed by atoms with van der Waals surface area (Å²) in [6.07, 6.45) is 0. The Hall–Kier alpha value is -3.95. The van der Waals surface area contributed by atoms with Gasteiger partial charge in [0.1, 0.15) is 17.1 Å². The summed E-state index contributed by atoms with van der Waals surface area (Å²) in [5, 5.41) is 6.58. The number of carbonyl (C=O) groups is 2. The number of H-pyrrole nitrogens is 1. The highest BCUT2D eigenvalue weighted by atomic mass is 16.5. The number of esters is 1. The van der Waals surface area contributed by atoms with Crippen LogP contribution >= 0.6 is 0 Å².